The van der Waals surface area contributed by atoms with E-state index < -0.39 is 0 Å². The molecule has 1 atom stereocenters. The molecular formula is C14H16N2O2. The molecular weight excluding hydrogens is 228 g/mol. The van der Waals surface area contributed by atoms with Crippen molar-refractivity contribution >= 4 is 11.8 Å². The smallest absolute Gasteiger partial charge is 0.322 e. The summed E-state index contributed by atoms with van der Waals surface area (Å²) in [6.07, 6.45) is 0. The number of allylic oxidation sites excluding steroid dienone is 1. The zero-order chi connectivity index (χ0) is 13.3. The van der Waals surface area contributed by atoms with E-state index in [1.807, 2.05) is 30.3 Å². The van der Waals surface area contributed by atoms with Crippen molar-refractivity contribution in [1.82, 2.24) is 10.2 Å². The quantitative estimate of drug-likeness (QED) is 0.867. The molecule has 18 heavy (non-hydrogen) atoms. The third-order valence-electron chi connectivity index (χ3n) is 3.27. The topological polar surface area (TPSA) is 49.4 Å². The number of carbonyl (C=O) groups excluding carboxylic acids is 2. The predicted molar refractivity (Wildman–Crippen MR) is 68.9 cm³/mol. The lowest BCUT2D eigenvalue weighted by molar-refractivity contribution is -0.114. The van der Waals surface area contributed by atoms with Crippen LogP contribution in [0, 0.1) is 0 Å². The Morgan fingerprint density at radius 3 is 2.44 bits per heavy atom. The van der Waals surface area contributed by atoms with Crippen LogP contribution < -0.4 is 5.32 Å². The van der Waals surface area contributed by atoms with E-state index in [1.54, 1.807) is 14.0 Å². The van der Waals surface area contributed by atoms with Gasteiger partial charge in [-0.2, -0.15) is 0 Å². The fourth-order valence-corrected chi connectivity index (χ4v) is 2.19. The van der Waals surface area contributed by atoms with E-state index in [2.05, 4.69) is 5.32 Å². The fraction of sp³-hybridized carbons (Fsp3) is 0.286. The number of benzene rings is 1. The fourth-order valence-electron chi connectivity index (χ4n) is 2.19. The summed E-state index contributed by atoms with van der Waals surface area (Å²) in [7, 11) is 1.66. The van der Waals surface area contributed by atoms with Crippen molar-refractivity contribution in [1.29, 1.82) is 0 Å². The van der Waals surface area contributed by atoms with Crippen LogP contribution in [0.5, 0.6) is 0 Å². The van der Waals surface area contributed by atoms with Gasteiger partial charge in [-0.3, -0.25) is 4.79 Å². The first kappa shape index (κ1) is 12.4. The van der Waals surface area contributed by atoms with Gasteiger partial charge < -0.3 is 10.2 Å². The number of hydrogen-bond acceptors (Lipinski definition) is 2. The van der Waals surface area contributed by atoms with Crippen LogP contribution in [0.4, 0.5) is 4.79 Å². The number of hydrogen-bond donors (Lipinski definition) is 1. The van der Waals surface area contributed by atoms with Crippen molar-refractivity contribution in [3.8, 4) is 0 Å². The molecule has 4 heteroatoms. The van der Waals surface area contributed by atoms with Crippen molar-refractivity contribution in [2.24, 2.45) is 0 Å². The van der Waals surface area contributed by atoms with Gasteiger partial charge in [-0.15, -0.1) is 0 Å². The number of urea groups is 1. The van der Waals surface area contributed by atoms with Crippen LogP contribution in [0.25, 0.3) is 0 Å². The van der Waals surface area contributed by atoms with E-state index in [4.69, 9.17) is 0 Å². The first-order valence-electron chi connectivity index (χ1n) is 5.83. The van der Waals surface area contributed by atoms with E-state index >= 15 is 0 Å². The van der Waals surface area contributed by atoms with Gasteiger partial charge in [0.15, 0.2) is 5.78 Å². The Balaban J connectivity index is 2.53. The van der Waals surface area contributed by atoms with Crippen LogP contribution in [0.1, 0.15) is 25.5 Å². The lowest BCUT2D eigenvalue weighted by Gasteiger charge is -2.33. The molecule has 2 amide bonds. The highest BCUT2D eigenvalue weighted by Gasteiger charge is 2.31. The maximum Gasteiger partial charge on any atom is 0.322 e. The number of rotatable bonds is 2. The largest absolute Gasteiger partial charge is 0.327 e. The number of Topliss-reactive ketones (excluding diaryl/α,β-unsaturated/α-hetero) is 1. The van der Waals surface area contributed by atoms with Crippen LogP contribution in [-0.2, 0) is 4.79 Å². The first-order chi connectivity index (χ1) is 8.52. The van der Waals surface area contributed by atoms with Crippen molar-refractivity contribution < 1.29 is 9.59 Å². The second-order valence-electron chi connectivity index (χ2n) is 4.41. The Morgan fingerprint density at radius 2 is 1.89 bits per heavy atom. The Labute approximate surface area is 106 Å². The van der Waals surface area contributed by atoms with Gasteiger partial charge in [0, 0.05) is 18.3 Å². The highest BCUT2D eigenvalue weighted by atomic mass is 16.2. The summed E-state index contributed by atoms with van der Waals surface area (Å²) >= 11 is 0. The predicted octanol–water partition coefficient (Wildman–Crippen LogP) is 2.25. The van der Waals surface area contributed by atoms with Gasteiger partial charge in [0.25, 0.3) is 0 Å². The molecule has 0 radical (unpaired) electrons. The van der Waals surface area contributed by atoms with Gasteiger partial charge in [-0.25, -0.2) is 4.79 Å². The Bertz CT molecular complexity index is 520. The van der Waals surface area contributed by atoms with Crippen LogP contribution in [0.3, 0.4) is 0 Å². The highest BCUT2D eigenvalue weighted by molar-refractivity contribution is 5.98. The Hall–Kier alpha value is -2.10. The van der Waals surface area contributed by atoms with E-state index in [-0.39, 0.29) is 17.9 Å². The summed E-state index contributed by atoms with van der Waals surface area (Å²) < 4.78 is 0. The third kappa shape index (κ3) is 2.01. The summed E-state index contributed by atoms with van der Waals surface area (Å²) in [5, 5.41) is 2.85. The summed E-state index contributed by atoms with van der Waals surface area (Å²) in [5.74, 6) is -0.0202. The van der Waals surface area contributed by atoms with E-state index in [1.165, 1.54) is 11.8 Å². The highest BCUT2D eigenvalue weighted by Crippen LogP contribution is 2.29. The first-order valence-corrected chi connectivity index (χ1v) is 5.83. The van der Waals surface area contributed by atoms with Gasteiger partial charge >= 0.3 is 6.03 Å². The van der Waals surface area contributed by atoms with Crippen LogP contribution >= 0.6 is 0 Å². The molecule has 1 aromatic carbocycles. The number of carbonyl (C=O) groups is 2. The molecule has 1 aromatic rings. The summed E-state index contributed by atoms with van der Waals surface area (Å²) in [5.41, 5.74) is 2.27. The zero-order valence-corrected chi connectivity index (χ0v) is 10.7. The Morgan fingerprint density at radius 1 is 1.28 bits per heavy atom. The normalized spacial score (nSPS) is 19.8. The molecule has 0 bridgehead atoms. The lowest BCUT2D eigenvalue weighted by Crippen LogP contribution is -2.45. The van der Waals surface area contributed by atoms with Crippen LogP contribution in [0.15, 0.2) is 41.6 Å². The molecule has 0 saturated heterocycles. The molecule has 94 valence electrons. The van der Waals surface area contributed by atoms with Gasteiger partial charge in [0.05, 0.1) is 6.04 Å². The van der Waals surface area contributed by atoms with Gasteiger partial charge in [-0.05, 0) is 19.4 Å². The van der Waals surface area contributed by atoms with E-state index in [0.29, 0.717) is 11.3 Å². The molecule has 1 heterocycles. The molecule has 0 fully saturated rings. The number of ketones is 1. The van der Waals surface area contributed by atoms with Gasteiger partial charge in [0.1, 0.15) is 0 Å². The third-order valence-corrected chi connectivity index (χ3v) is 3.27. The van der Waals surface area contributed by atoms with E-state index in [9.17, 15) is 9.59 Å². The summed E-state index contributed by atoms with van der Waals surface area (Å²) in [6, 6.07) is 8.97. The molecule has 0 unspecified atom stereocenters. The van der Waals surface area contributed by atoms with Crippen LogP contribution in [0.2, 0.25) is 0 Å². The average Bonchev–Trinajstić information content (AvgIpc) is 2.36. The Kier molecular flexibility index (Phi) is 3.19. The van der Waals surface area contributed by atoms with Crippen molar-refractivity contribution in [3.63, 3.8) is 0 Å². The minimum Gasteiger partial charge on any atom is -0.327 e. The number of nitrogens with zero attached hydrogens (tertiary/aromatic N) is 1. The van der Waals surface area contributed by atoms with Crippen molar-refractivity contribution in [2.45, 2.75) is 19.9 Å². The summed E-state index contributed by atoms with van der Waals surface area (Å²) in [6.45, 7) is 3.32. The zero-order valence-electron chi connectivity index (χ0n) is 10.7. The SMILES string of the molecule is CC(=O)C1=C(C)N(C)C(=O)N[C@@H]1c1ccccc1. The summed E-state index contributed by atoms with van der Waals surface area (Å²) in [4.78, 5) is 25.1. The van der Waals surface area contributed by atoms with Crippen molar-refractivity contribution in [3.05, 3.63) is 47.2 Å². The molecule has 0 aromatic heterocycles. The average molecular weight is 244 g/mol. The number of amides is 2. The van der Waals surface area contributed by atoms with E-state index in [0.717, 1.165) is 5.56 Å². The van der Waals surface area contributed by atoms with Gasteiger partial charge in [0.2, 0.25) is 0 Å². The van der Waals surface area contributed by atoms with Crippen LogP contribution in [-0.4, -0.2) is 23.8 Å². The molecule has 4 nitrogen and oxygen atoms in total. The molecule has 1 N–H and O–H groups in total. The molecule has 2 rings (SSSR count). The minimum absolute atomic E-state index is 0.0202. The molecule has 1 aliphatic rings. The number of nitrogens with one attached hydrogen (secondary N) is 1. The van der Waals surface area contributed by atoms with Crippen molar-refractivity contribution in [2.75, 3.05) is 7.05 Å². The second-order valence-corrected chi connectivity index (χ2v) is 4.41. The monoisotopic (exact) mass is 244 g/mol. The maximum atomic E-state index is 11.8. The minimum atomic E-state index is -0.354. The molecule has 0 saturated carbocycles. The molecule has 0 aliphatic carbocycles. The van der Waals surface area contributed by atoms with Gasteiger partial charge in [-0.1, -0.05) is 30.3 Å². The standard InChI is InChI=1S/C14H16N2O2/c1-9-12(10(2)17)13(15-14(18)16(9)3)11-7-5-4-6-8-11/h4-8,13H,1-3H3,(H,15,18)/t13-/m1/s1. The lowest BCUT2D eigenvalue weighted by atomic mass is 9.93. The maximum absolute atomic E-state index is 11.8. The second kappa shape index (κ2) is 4.64. The molecule has 0 spiro atoms. The molecule has 1 aliphatic heterocycles.